The minimum Gasteiger partial charge on any atom is -0.457 e. The van der Waals surface area contributed by atoms with Crippen molar-refractivity contribution in [2.75, 3.05) is 6.61 Å². The molecular weight excluding hydrogens is 326 g/mol. The fraction of sp³-hybridized carbons (Fsp3) is 0.778. The van der Waals surface area contributed by atoms with Crippen molar-refractivity contribution in [2.24, 2.45) is 28.6 Å². The van der Waals surface area contributed by atoms with Crippen LogP contribution in [-0.4, -0.2) is 36.7 Å². The average molecular weight is 349 g/mol. The van der Waals surface area contributed by atoms with Crippen LogP contribution in [0, 0.1) is 39.9 Å². The molecule has 3 aliphatic rings. The third-order valence-corrected chi connectivity index (χ3v) is 6.40. The molecule has 1 aliphatic heterocycles. The van der Waals surface area contributed by atoms with E-state index in [0.717, 1.165) is 0 Å². The summed E-state index contributed by atoms with van der Waals surface area (Å²) in [5.74, 6) is -2.17. The quantitative estimate of drug-likeness (QED) is 0.548. The number of carbonyl (C=O) groups is 3. The number of fused-ring (bicyclic) bond motifs is 1. The zero-order valence-corrected chi connectivity index (χ0v) is 14.9. The molecule has 2 bridgehead atoms. The molecule has 136 valence electrons. The maximum absolute atomic E-state index is 12.2. The molecule has 25 heavy (non-hydrogen) atoms. The topological polar surface area (TPSA) is 103 Å². The average Bonchev–Trinajstić information content (AvgIpc) is 3.14. The zero-order chi connectivity index (χ0) is 18.6. The van der Waals surface area contributed by atoms with Crippen molar-refractivity contribution in [1.82, 2.24) is 0 Å². The first-order valence-electron chi connectivity index (χ1n) is 8.68. The van der Waals surface area contributed by atoms with Gasteiger partial charge in [-0.3, -0.25) is 9.59 Å². The normalized spacial score (nSPS) is 38.2. The van der Waals surface area contributed by atoms with E-state index in [2.05, 4.69) is 6.07 Å². The van der Waals surface area contributed by atoms with Crippen molar-refractivity contribution in [2.45, 2.75) is 52.7 Å². The van der Waals surface area contributed by atoms with Crippen molar-refractivity contribution in [3.05, 3.63) is 0 Å². The van der Waals surface area contributed by atoms with Gasteiger partial charge < -0.3 is 14.2 Å². The van der Waals surface area contributed by atoms with E-state index in [1.54, 1.807) is 13.8 Å². The Labute approximate surface area is 146 Å². The Morgan fingerprint density at radius 1 is 1.44 bits per heavy atom. The summed E-state index contributed by atoms with van der Waals surface area (Å²) >= 11 is 0. The lowest BCUT2D eigenvalue weighted by atomic mass is 9.68. The van der Waals surface area contributed by atoms with E-state index in [4.69, 9.17) is 14.2 Å². The van der Waals surface area contributed by atoms with Crippen molar-refractivity contribution >= 4 is 17.9 Å². The predicted octanol–water partition coefficient (Wildman–Crippen LogP) is 1.60. The zero-order valence-electron chi connectivity index (χ0n) is 14.9. The molecule has 3 fully saturated rings. The second-order valence-electron chi connectivity index (χ2n) is 7.91. The monoisotopic (exact) mass is 349 g/mol. The fourth-order valence-corrected chi connectivity index (χ4v) is 4.39. The van der Waals surface area contributed by atoms with Crippen LogP contribution >= 0.6 is 0 Å². The Morgan fingerprint density at radius 3 is 2.72 bits per heavy atom. The highest BCUT2D eigenvalue weighted by atomic mass is 16.6. The van der Waals surface area contributed by atoms with Gasteiger partial charge in [0.15, 0.2) is 12.0 Å². The lowest BCUT2D eigenvalue weighted by Gasteiger charge is -2.32. The molecular formula is C18H23NO6. The highest BCUT2D eigenvalue weighted by Gasteiger charge is 2.75. The molecule has 7 heteroatoms. The van der Waals surface area contributed by atoms with E-state index in [0.29, 0.717) is 12.8 Å². The summed E-state index contributed by atoms with van der Waals surface area (Å²) in [7, 11) is 0. The Hall–Kier alpha value is -2.10. The van der Waals surface area contributed by atoms with Gasteiger partial charge in [0, 0.05) is 11.8 Å². The highest BCUT2D eigenvalue weighted by Crippen LogP contribution is 2.65. The van der Waals surface area contributed by atoms with Gasteiger partial charge in [0.25, 0.3) is 0 Å². The molecule has 1 heterocycles. The molecule has 0 amide bonds. The highest BCUT2D eigenvalue weighted by molar-refractivity contribution is 5.85. The number of rotatable bonds is 5. The number of esters is 3. The van der Waals surface area contributed by atoms with Gasteiger partial charge >= 0.3 is 17.9 Å². The molecule has 3 rings (SSSR count). The van der Waals surface area contributed by atoms with Gasteiger partial charge in [-0.2, -0.15) is 5.26 Å². The summed E-state index contributed by atoms with van der Waals surface area (Å²) in [6, 6.07) is 2.15. The lowest BCUT2D eigenvalue weighted by Crippen LogP contribution is -2.45. The lowest BCUT2D eigenvalue weighted by molar-refractivity contribution is -0.173. The molecule has 0 spiro atoms. The molecule has 0 aromatic rings. The van der Waals surface area contributed by atoms with E-state index < -0.39 is 47.6 Å². The summed E-state index contributed by atoms with van der Waals surface area (Å²) < 4.78 is 15.9. The molecule has 0 aromatic heterocycles. The molecule has 6 atom stereocenters. The second kappa shape index (κ2) is 5.72. The van der Waals surface area contributed by atoms with Crippen LogP contribution in [0.5, 0.6) is 0 Å². The van der Waals surface area contributed by atoms with Gasteiger partial charge in [0.2, 0.25) is 0 Å². The van der Waals surface area contributed by atoms with Crippen molar-refractivity contribution in [3.8, 4) is 6.07 Å². The number of hydrogen-bond donors (Lipinski definition) is 0. The molecule has 2 saturated carbocycles. The fourth-order valence-electron chi connectivity index (χ4n) is 4.39. The first-order valence-corrected chi connectivity index (χ1v) is 8.68. The van der Waals surface area contributed by atoms with Gasteiger partial charge in [0.1, 0.15) is 12.2 Å². The Balaban J connectivity index is 1.63. The van der Waals surface area contributed by atoms with E-state index in [9.17, 15) is 19.6 Å². The van der Waals surface area contributed by atoms with Gasteiger partial charge in [0.05, 0.1) is 11.5 Å². The first kappa shape index (κ1) is 17.7. The molecule has 7 nitrogen and oxygen atoms in total. The van der Waals surface area contributed by atoms with E-state index >= 15 is 0 Å². The molecule has 0 N–H and O–H groups in total. The maximum Gasteiger partial charge on any atom is 0.344 e. The number of ether oxygens (including phenoxy) is 3. The smallest absolute Gasteiger partial charge is 0.344 e. The summed E-state index contributed by atoms with van der Waals surface area (Å²) in [5, 5.41) is 9.50. The second-order valence-corrected chi connectivity index (χ2v) is 7.91. The standard InChI is InChI=1S/C18H23NO6/c1-5-17(3,4)15(21)23-7-12(20)24-13-10-6-11-14(13)25-16(22)18(11,8-19)9(10)2/h9-11,13-14H,5-7H2,1-4H3. The number of nitrogens with zero attached hydrogens (tertiary/aromatic N) is 1. The number of carbonyl (C=O) groups excluding carboxylic acids is 3. The Morgan fingerprint density at radius 2 is 2.12 bits per heavy atom. The molecule has 1 saturated heterocycles. The SMILES string of the molecule is CCC(C)(C)C(=O)OCC(=O)OC1C2CC3C1OC(=O)C3(C#N)C2C. The van der Waals surface area contributed by atoms with Crippen molar-refractivity contribution in [1.29, 1.82) is 5.26 Å². The molecule has 0 aromatic carbocycles. The minimum absolute atomic E-state index is 0.0900. The maximum atomic E-state index is 12.2. The summed E-state index contributed by atoms with van der Waals surface area (Å²) in [6.45, 7) is 6.73. The van der Waals surface area contributed by atoms with Crippen LogP contribution < -0.4 is 0 Å². The minimum atomic E-state index is -1.10. The van der Waals surface area contributed by atoms with E-state index in [-0.39, 0.29) is 17.8 Å². The van der Waals surface area contributed by atoms with Crippen molar-refractivity contribution < 1.29 is 28.6 Å². The van der Waals surface area contributed by atoms with Crippen LogP contribution in [0.25, 0.3) is 0 Å². The third-order valence-electron chi connectivity index (χ3n) is 6.40. The first-order chi connectivity index (χ1) is 11.7. The third kappa shape index (κ3) is 2.34. The molecule has 0 radical (unpaired) electrons. The van der Waals surface area contributed by atoms with Gasteiger partial charge in [-0.1, -0.05) is 13.8 Å². The van der Waals surface area contributed by atoms with Gasteiger partial charge in [-0.15, -0.1) is 0 Å². The Kier molecular flexibility index (Phi) is 4.05. The largest absolute Gasteiger partial charge is 0.457 e. The van der Waals surface area contributed by atoms with E-state index in [1.807, 2.05) is 13.8 Å². The van der Waals surface area contributed by atoms with Gasteiger partial charge in [-0.25, -0.2) is 4.79 Å². The van der Waals surface area contributed by atoms with Crippen LogP contribution in [0.3, 0.4) is 0 Å². The van der Waals surface area contributed by atoms with Crippen molar-refractivity contribution in [3.63, 3.8) is 0 Å². The van der Waals surface area contributed by atoms with Crippen LogP contribution in [0.2, 0.25) is 0 Å². The van der Waals surface area contributed by atoms with Crippen LogP contribution in [-0.2, 0) is 28.6 Å². The predicted molar refractivity (Wildman–Crippen MR) is 83.6 cm³/mol. The number of nitriles is 1. The summed E-state index contributed by atoms with van der Waals surface area (Å²) in [4.78, 5) is 36.2. The number of hydrogen-bond acceptors (Lipinski definition) is 7. The molecule has 6 unspecified atom stereocenters. The van der Waals surface area contributed by atoms with Crippen LogP contribution in [0.1, 0.15) is 40.5 Å². The summed E-state index contributed by atoms with van der Waals surface area (Å²) in [5.41, 5.74) is -1.76. The Bertz CT molecular complexity index is 665. The molecule has 2 aliphatic carbocycles. The van der Waals surface area contributed by atoms with E-state index in [1.165, 1.54) is 0 Å². The van der Waals surface area contributed by atoms with Gasteiger partial charge in [-0.05, 0) is 32.6 Å². The summed E-state index contributed by atoms with van der Waals surface area (Å²) in [6.07, 6.45) is 0.0866. The van der Waals surface area contributed by atoms with Crippen LogP contribution in [0.4, 0.5) is 0 Å². The van der Waals surface area contributed by atoms with Crippen LogP contribution in [0.15, 0.2) is 0 Å².